The first-order chi connectivity index (χ1) is 12.5. The lowest BCUT2D eigenvalue weighted by molar-refractivity contribution is 0.631. The van der Waals surface area contributed by atoms with Crippen LogP contribution in [-0.4, -0.2) is 23.1 Å². The van der Waals surface area contributed by atoms with Gasteiger partial charge in [0.25, 0.3) is 0 Å². The van der Waals surface area contributed by atoms with Crippen molar-refractivity contribution in [3.8, 4) is 0 Å². The number of anilines is 2. The van der Waals surface area contributed by atoms with Crippen molar-refractivity contribution < 1.29 is 4.39 Å². The number of fused-ring (bicyclic) bond motifs is 1. The summed E-state index contributed by atoms with van der Waals surface area (Å²) in [5.41, 5.74) is 8.31. The zero-order chi connectivity index (χ0) is 19.1. The first-order valence-electron chi connectivity index (χ1n) is 8.26. The van der Waals surface area contributed by atoms with Crippen molar-refractivity contribution in [1.82, 2.24) is 9.97 Å². The molecule has 5 nitrogen and oxygen atoms in total. The second kappa shape index (κ2) is 9.31. The second-order valence-corrected chi connectivity index (χ2v) is 6.20. The van der Waals surface area contributed by atoms with Crippen molar-refractivity contribution in [2.75, 3.05) is 23.7 Å². The van der Waals surface area contributed by atoms with Crippen LogP contribution in [0, 0.1) is 0 Å². The van der Waals surface area contributed by atoms with Gasteiger partial charge >= 0.3 is 0 Å². The van der Waals surface area contributed by atoms with Gasteiger partial charge in [0.2, 0.25) is 0 Å². The van der Waals surface area contributed by atoms with Gasteiger partial charge in [0, 0.05) is 36.3 Å². The van der Waals surface area contributed by atoms with E-state index in [0.29, 0.717) is 41.4 Å². The SMILES string of the molecule is C=CC/C(=C\C(C)=C(/C)F)Nc1ncnc2c(Cl)cc(NCCN)cc12. The number of halogens is 2. The van der Waals surface area contributed by atoms with Crippen molar-refractivity contribution in [1.29, 1.82) is 0 Å². The predicted molar refractivity (Wildman–Crippen MR) is 108 cm³/mol. The number of nitrogens with zero attached hydrogens (tertiary/aromatic N) is 2. The maximum Gasteiger partial charge on any atom is 0.141 e. The number of benzene rings is 1. The van der Waals surface area contributed by atoms with Crippen LogP contribution in [0.25, 0.3) is 10.9 Å². The Morgan fingerprint density at radius 2 is 2.12 bits per heavy atom. The summed E-state index contributed by atoms with van der Waals surface area (Å²) in [6.45, 7) is 8.02. The molecule has 1 aromatic heterocycles. The molecule has 0 amide bonds. The van der Waals surface area contributed by atoms with Crippen LogP contribution in [0.1, 0.15) is 20.3 Å². The molecule has 0 aliphatic heterocycles. The monoisotopic (exact) mass is 375 g/mol. The topological polar surface area (TPSA) is 75.9 Å². The quantitative estimate of drug-likeness (QED) is 0.457. The summed E-state index contributed by atoms with van der Waals surface area (Å²) in [5, 5.41) is 7.71. The third kappa shape index (κ3) is 5.03. The van der Waals surface area contributed by atoms with Crippen molar-refractivity contribution >= 4 is 34.0 Å². The van der Waals surface area contributed by atoms with Gasteiger partial charge in [-0.15, -0.1) is 6.58 Å². The Morgan fingerprint density at radius 1 is 1.35 bits per heavy atom. The lowest BCUT2D eigenvalue weighted by atomic mass is 10.1. The molecule has 0 unspecified atom stereocenters. The Labute approximate surface area is 157 Å². The number of aromatic nitrogens is 2. The molecule has 1 heterocycles. The normalized spacial score (nSPS) is 12.7. The Hall–Kier alpha value is -2.44. The minimum absolute atomic E-state index is 0.239. The number of hydrogen-bond donors (Lipinski definition) is 3. The highest BCUT2D eigenvalue weighted by Gasteiger charge is 2.10. The van der Waals surface area contributed by atoms with Crippen molar-refractivity contribution in [2.45, 2.75) is 20.3 Å². The molecule has 0 atom stereocenters. The molecule has 0 spiro atoms. The molecule has 0 aliphatic carbocycles. The average Bonchev–Trinajstić information content (AvgIpc) is 2.60. The van der Waals surface area contributed by atoms with E-state index in [2.05, 4.69) is 27.2 Å². The van der Waals surface area contributed by atoms with E-state index >= 15 is 0 Å². The average molecular weight is 376 g/mol. The summed E-state index contributed by atoms with van der Waals surface area (Å²) in [5.74, 6) is 0.350. The molecule has 2 aromatic rings. The van der Waals surface area contributed by atoms with E-state index in [4.69, 9.17) is 17.3 Å². The van der Waals surface area contributed by atoms with Crippen molar-refractivity contribution in [2.24, 2.45) is 5.73 Å². The summed E-state index contributed by atoms with van der Waals surface area (Å²) in [6.07, 6.45) is 5.46. The molecule has 26 heavy (non-hydrogen) atoms. The highest BCUT2D eigenvalue weighted by atomic mass is 35.5. The van der Waals surface area contributed by atoms with Gasteiger partial charge in [-0.2, -0.15) is 0 Å². The van der Waals surface area contributed by atoms with E-state index in [1.165, 1.54) is 13.3 Å². The standard InChI is InChI=1S/C19H23ClFN5/c1-4-5-14(8-12(2)13(3)21)26-19-16-9-15(23-7-6-22)10-17(20)18(16)24-11-25-19/h4,8-11,23H,1,5-7,22H2,2-3H3,(H,24,25,26)/b13-12+,14-8+. The predicted octanol–water partition coefficient (Wildman–Crippen LogP) is 4.79. The summed E-state index contributed by atoms with van der Waals surface area (Å²) in [4.78, 5) is 8.59. The largest absolute Gasteiger partial charge is 0.384 e. The molecule has 0 radical (unpaired) electrons. The van der Waals surface area contributed by atoms with Crippen LogP contribution < -0.4 is 16.4 Å². The van der Waals surface area contributed by atoms with Crippen molar-refractivity contribution in [3.63, 3.8) is 0 Å². The fourth-order valence-electron chi connectivity index (χ4n) is 2.36. The van der Waals surface area contributed by atoms with Crippen LogP contribution in [0.15, 0.2) is 54.3 Å². The first-order valence-corrected chi connectivity index (χ1v) is 8.63. The van der Waals surface area contributed by atoms with Gasteiger partial charge in [0.1, 0.15) is 12.1 Å². The Bertz CT molecular complexity index is 856. The molecular weight excluding hydrogens is 353 g/mol. The van der Waals surface area contributed by atoms with E-state index in [9.17, 15) is 4.39 Å². The van der Waals surface area contributed by atoms with E-state index < -0.39 is 0 Å². The van der Waals surface area contributed by atoms with Gasteiger partial charge in [0.05, 0.1) is 16.4 Å². The lowest BCUT2D eigenvalue weighted by Gasteiger charge is -2.13. The van der Waals surface area contributed by atoms with E-state index in [0.717, 1.165) is 16.8 Å². The summed E-state index contributed by atoms with van der Waals surface area (Å²) in [7, 11) is 0. The third-order valence-corrected chi connectivity index (χ3v) is 4.03. The molecule has 0 fully saturated rings. The molecule has 0 bridgehead atoms. The minimum Gasteiger partial charge on any atom is -0.384 e. The van der Waals surface area contributed by atoms with Crippen LogP contribution >= 0.6 is 11.6 Å². The number of nitrogens with two attached hydrogens (primary N) is 1. The first kappa shape index (κ1) is 19.9. The smallest absolute Gasteiger partial charge is 0.141 e. The highest BCUT2D eigenvalue weighted by Crippen LogP contribution is 2.30. The summed E-state index contributed by atoms with van der Waals surface area (Å²) < 4.78 is 13.4. The summed E-state index contributed by atoms with van der Waals surface area (Å²) >= 11 is 6.36. The highest BCUT2D eigenvalue weighted by molar-refractivity contribution is 6.35. The maximum absolute atomic E-state index is 13.4. The summed E-state index contributed by atoms with van der Waals surface area (Å²) in [6, 6.07) is 3.71. The van der Waals surface area contributed by atoms with Crippen LogP contribution in [-0.2, 0) is 0 Å². The Balaban J connectivity index is 2.48. The number of rotatable bonds is 8. The lowest BCUT2D eigenvalue weighted by Crippen LogP contribution is -2.13. The Morgan fingerprint density at radius 3 is 2.77 bits per heavy atom. The van der Waals surface area contributed by atoms with Gasteiger partial charge in [-0.3, -0.25) is 0 Å². The Kier molecular flexibility index (Phi) is 7.12. The number of allylic oxidation sites excluding steroid dienone is 4. The zero-order valence-corrected chi connectivity index (χ0v) is 15.7. The number of hydrogen-bond acceptors (Lipinski definition) is 5. The second-order valence-electron chi connectivity index (χ2n) is 5.80. The van der Waals surface area contributed by atoms with E-state index in [1.807, 2.05) is 6.07 Å². The molecule has 7 heteroatoms. The van der Waals surface area contributed by atoms with Gasteiger partial charge in [-0.05, 0) is 37.6 Å². The molecular formula is C19H23ClFN5. The molecule has 0 aliphatic rings. The van der Waals surface area contributed by atoms with Gasteiger partial charge in [-0.1, -0.05) is 17.7 Å². The van der Waals surface area contributed by atoms with E-state index in [-0.39, 0.29) is 5.83 Å². The molecule has 1 aromatic carbocycles. The van der Waals surface area contributed by atoms with Gasteiger partial charge in [0.15, 0.2) is 0 Å². The van der Waals surface area contributed by atoms with Crippen LogP contribution in [0.4, 0.5) is 15.9 Å². The third-order valence-electron chi connectivity index (χ3n) is 3.74. The minimum atomic E-state index is -0.239. The van der Waals surface area contributed by atoms with Crippen LogP contribution in [0.3, 0.4) is 0 Å². The zero-order valence-electron chi connectivity index (χ0n) is 14.9. The molecule has 138 valence electrons. The fraction of sp³-hybridized carbons (Fsp3) is 0.263. The van der Waals surface area contributed by atoms with Gasteiger partial charge in [-0.25, -0.2) is 14.4 Å². The fourth-order valence-corrected chi connectivity index (χ4v) is 2.63. The van der Waals surface area contributed by atoms with Crippen molar-refractivity contribution in [3.05, 3.63) is 59.3 Å². The molecule has 4 N–H and O–H groups in total. The maximum atomic E-state index is 13.4. The molecule has 0 saturated heterocycles. The van der Waals surface area contributed by atoms with Crippen LogP contribution in [0.5, 0.6) is 0 Å². The van der Waals surface area contributed by atoms with E-state index in [1.54, 1.807) is 25.1 Å². The number of nitrogens with one attached hydrogen (secondary N) is 2. The molecule has 0 saturated carbocycles. The van der Waals surface area contributed by atoms with Gasteiger partial charge < -0.3 is 16.4 Å². The molecule has 2 rings (SSSR count). The van der Waals surface area contributed by atoms with Crippen LogP contribution in [0.2, 0.25) is 5.02 Å².